The molecule has 0 aromatic carbocycles. The van der Waals surface area contributed by atoms with Crippen molar-refractivity contribution in [1.82, 2.24) is 3.13 Å². The first-order chi connectivity index (χ1) is 7.54. The van der Waals surface area contributed by atoms with E-state index < -0.39 is 6.72 Å². The van der Waals surface area contributed by atoms with Gasteiger partial charge in [-0.2, -0.15) is 0 Å². The summed E-state index contributed by atoms with van der Waals surface area (Å²) in [4.78, 5) is 0. The molecule has 1 N–H and O–H groups in total. The molecule has 0 aromatic rings. The maximum atomic E-state index is 5.54. The summed E-state index contributed by atoms with van der Waals surface area (Å²) in [5.74, 6) is 0. The van der Waals surface area contributed by atoms with Crippen LogP contribution in [0.5, 0.6) is 0 Å². The third-order valence-corrected chi connectivity index (χ3v) is 5.55. The molecule has 0 radical (unpaired) electrons. The van der Waals surface area contributed by atoms with Crippen LogP contribution in [0.25, 0.3) is 0 Å². The van der Waals surface area contributed by atoms with Crippen molar-refractivity contribution in [2.45, 2.75) is 39.2 Å². The van der Waals surface area contributed by atoms with Gasteiger partial charge in [-0.15, -0.1) is 0 Å². The standard InChI is InChI=1S/C9H21NO3PS.Tl/c1-9(2)13-14(15,11-3)12-8-6-4-5-7-10;/h9-10H,4-8H2,1-3H3;/q-1;+1. The van der Waals surface area contributed by atoms with E-state index in [4.69, 9.17) is 25.4 Å². The zero-order valence-corrected chi connectivity index (χ0v) is 16.5. The van der Waals surface area contributed by atoms with Crippen LogP contribution in [0.2, 0.25) is 0 Å². The fourth-order valence-corrected chi connectivity index (χ4v) is 3.72. The van der Waals surface area contributed by atoms with Gasteiger partial charge in [0.05, 0.1) is 0 Å². The number of nitrogens with one attached hydrogen (secondary N) is 1. The molecular weight excluding hydrogens is 438 g/mol. The van der Waals surface area contributed by atoms with Gasteiger partial charge < -0.3 is 0 Å². The molecule has 16 heavy (non-hydrogen) atoms. The summed E-state index contributed by atoms with van der Waals surface area (Å²) in [6, 6.07) is 0. The van der Waals surface area contributed by atoms with Gasteiger partial charge in [0.25, 0.3) is 0 Å². The average molecular weight is 459 g/mol. The second kappa shape index (κ2) is 10.3. The molecule has 0 rings (SSSR count). The van der Waals surface area contributed by atoms with E-state index in [-0.39, 0.29) is 6.10 Å². The topological polar surface area (TPSA) is 39.7 Å². The Morgan fingerprint density at radius 2 is 2.00 bits per heavy atom. The molecule has 0 aliphatic heterocycles. The third kappa shape index (κ3) is 9.44. The Hall–Kier alpha value is 1.41. The molecule has 7 heteroatoms. The van der Waals surface area contributed by atoms with Crippen LogP contribution in [0.15, 0.2) is 0 Å². The summed E-state index contributed by atoms with van der Waals surface area (Å²) in [6.45, 7) is 3.12. The molecule has 4 nitrogen and oxygen atoms in total. The van der Waals surface area contributed by atoms with E-state index in [1.165, 1.54) is 6.42 Å². The molecule has 94 valence electrons. The van der Waals surface area contributed by atoms with Gasteiger partial charge in [0.2, 0.25) is 0 Å². The van der Waals surface area contributed by atoms with Crippen molar-refractivity contribution < 1.29 is 13.6 Å². The summed E-state index contributed by atoms with van der Waals surface area (Å²) in [7, 11) is 1.55. The summed E-state index contributed by atoms with van der Waals surface area (Å²) in [5, 5.41) is 0. The number of rotatable bonds is 10. The van der Waals surface area contributed by atoms with Gasteiger partial charge in [0.1, 0.15) is 0 Å². The van der Waals surface area contributed by atoms with Gasteiger partial charge in [-0.05, 0) is 0 Å². The van der Waals surface area contributed by atoms with Crippen LogP contribution in [-0.4, -0.2) is 52.4 Å². The molecule has 0 bridgehead atoms. The Bertz CT molecular complexity index is 219. The number of hydrogen-bond donors (Lipinski definition) is 1. The minimum absolute atomic E-state index is 0.0426. The van der Waals surface area contributed by atoms with E-state index in [0.29, 0.717) is 6.61 Å². The predicted molar refractivity (Wildman–Crippen MR) is 71.1 cm³/mol. The molecule has 0 spiro atoms. The summed E-state index contributed by atoms with van der Waals surface area (Å²) >= 11 is 6.11. The van der Waals surface area contributed by atoms with Crippen molar-refractivity contribution >= 4 is 44.6 Å². The predicted octanol–water partition coefficient (Wildman–Crippen LogP) is 2.14. The molecular formula is C9H21NO3PSTl. The molecule has 0 heterocycles. The molecule has 0 aromatic heterocycles. The Morgan fingerprint density at radius 3 is 2.50 bits per heavy atom. The normalized spacial score (nSPS) is 15.2. The van der Waals surface area contributed by atoms with Crippen LogP contribution < -0.4 is 3.13 Å². The number of hydrogen-bond acceptors (Lipinski definition) is 5. The van der Waals surface area contributed by atoms with Crippen molar-refractivity contribution in [1.29, 1.82) is 0 Å². The summed E-state index contributed by atoms with van der Waals surface area (Å²) in [5.41, 5.74) is 0. The van der Waals surface area contributed by atoms with Gasteiger partial charge in [0, 0.05) is 0 Å². The minimum atomic E-state index is -2.49. The molecule has 0 aliphatic carbocycles. The summed E-state index contributed by atoms with van der Waals surface area (Å²) < 4.78 is 19.5. The van der Waals surface area contributed by atoms with Gasteiger partial charge in [-0.3, -0.25) is 0 Å². The van der Waals surface area contributed by atoms with Crippen LogP contribution in [0, 0.1) is 0 Å². The first-order valence-corrected chi connectivity index (χ1v) is 10.3. The van der Waals surface area contributed by atoms with E-state index in [2.05, 4.69) is 3.13 Å². The van der Waals surface area contributed by atoms with Crippen molar-refractivity contribution in [2.24, 2.45) is 0 Å². The van der Waals surface area contributed by atoms with E-state index in [0.717, 1.165) is 45.5 Å². The summed E-state index contributed by atoms with van der Waals surface area (Å²) in [6.07, 6.45) is 3.40. The van der Waals surface area contributed by atoms with E-state index in [1.54, 1.807) is 7.11 Å². The van der Waals surface area contributed by atoms with Gasteiger partial charge >= 0.3 is 121 Å². The van der Waals surface area contributed by atoms with E-state index >= 15 is 0 Å². The molecule has 0 aliphatic rings. The first kappa shape index (κ1) is 17.4. The van der Waals surface area contributed by atoms with Crippen LogP contribution in [0.3, 0.4) is 0 Å². The van der Waals surface area contributed by atoms with Gasteiger partial charge in [-0.25, -0.2) is 0 Å². The van der Waals surface area contributed by atoms with E-state index in [9.17, 15) is 0 Å². The molecule has 0 fully saturated rings. The molecule has 0 saturated carbocycles. The molecule has 1 atom stereocenters. The Labute approximate surface area is 120 Å². The fourth-order valence-electron chi connectivity index (χ4n) is 1.07. The first-order valence-electron chi connectivity index (χ1n) is 5.46. The van der Waals surface area contributed by atoms with Crippen molar-refractivity contribution in [3.8, 4) is 0 Å². The molecule has 1 unspecified atom stereocenters. The number of unbranched alkanes of at least 4 members (excludes halogenated alkanes) is 2. The second-order valence-electron chi connectivity index (χ2n) is 3.63. The van der Waals surface area contributed by atoms with Crippen molar-refractivity contribution in [3.63, 3.8) is 0 Å². The van der Waals surface area contributed by atoms with Crippen LogP contribution >= 0.6 is 6.72 Å². The Morgan fingerprint density at radius 1 is 1.31 bits per heavy atom. The SMILES string of the molecule is COP(=S)(OCCCCC[NH][Tl])OC(C)C. The van der Waals surface area contributed by atoms with Crippen LogP contribution in [-0.2, 0) is 25.4 Å². The third-order valence-electron chi connectivity index (χ3n) is 1.78. The van der Waals surface area contributed by atoms with Crippen molar-refractivity contribution in [3.05, 3.63) is 0 Å². The average Bonchev–Trinajstić information content (AvgIpc) is 2.22. The van der Waals surface area contributed by atoms with Gasteiger partial charge in [0.15, 0.2) is 0 Å². The molecule has 0 amide bonds. The fraction of sp³-hybridized carbons (Fsp3) is 1.00. The maximum absolute atomic E-state index is 5.54. The Kier molecular flexibility index (Phi) is 11.3. The van der Waals surface area contributed by atoms with Crippen LogP contribution in [0.1, 0.15) is 33.1 Å². The monoisotopic (exact) mass is 459 g/mol. The van der Waals surface area contributed by atoms with E-state index in [1.807, 2.05) is 13.8 Å². The van der Waals surface area contributed by atoms with Crippen molar-refractivity contribution in [2.75, 3.05) is 20.3 Å². The zero-order chi connectivity index (χ0) is 12.4. The Balaban J connectivity index is 3.66. The zero-order valence-electron chi connectivity index (χ0n) is 10.3. The van der Waals surface area contributed by atoms with Crippen LogP contribution in [0.4, 0.5) is 0 Å². The molecule has 0 saturated heterocycles. The quantitative estimate of drug-likeness (QED) is 0.309. The van der Waals surface area contributed by atoms with Gasteiger partial charge in [-0.1, -0.05) is 0 Å². The second-order valence-corrected chi connectivity index (χ2v) is 8.29.